The van der Waals surface area contributed by atoms with E-state index in [0.717, 1.165) is 58.0 Å². The molecule has 7 heteroatoms. The Morgan fingerprint density at radius 1 is 0.943 bits per heavy atom. The molecule has 0 fully saturated rings. The summed E-state index contributed by atoms with van der Waals surface area (Å²) in [6.45, 7) is 4.98. The Labute approximate surface area is 210 Å². The number of nitrogens with two attached hydrogens (primary N) is 1. The van der Waals surface area contributed by atoms with Crippen LogP contribution in [0, 0.1) is 5.92 Å². The Bertz CT molecular complexity index is 1550. The van der Waals surface area contributed by atoms with Gasteiger partial charge >= 0.3 is 0 Å². The molecule has 0 saturated carbocycles. The van der Waals surface area contributed by atoms with Crippen molar-refractivity contribution < 1.29 is 9.59 Å². The number of fused-ring (bicyclic) bond motifs is 4. The van der Waals surface area contributed by atoms with Gasteiger partial charge in [0.2, 0.25) is 0 Å². The molecule has 0 saturated heterocycles. The minimum absolute atomic E-state index is 0. The molecule has 4 heterocycles. The highest BCUT2D eigenvalue weighted by atomic mass is 35.5. The predicted molar refractivity (Wildman–Crippen MR) is 142 cm³/mol. The lowest BCUT2D eigenvalue weighted by Crippen LogP contribution is -2.44. The number of carbonyl (C=O) groups is 2. The average molecular weight is 489 g/mol. The van der Waals surface area contributed by atoms with Crippen LogP contribution in [0.25, 0.3) is 33.0 Å². The zero-order chi connectivity index (χ0) is 23.8. The van der Waals surface area contributed by atoms with Gasteiger partial charge in [0, 0.05) is 64.0 Å². The topological polar surface area (TPSA) is 82.0 Å². The van der Waals surface area contributed by atoms with Crippen LogP contribution < -0.4 is 11.1 Å². The minimum Gasteiger partial charge on any atom is -0.350 e. The van der Waals surface area contributed by atoms with Crippen molar-refractivity contribution in [3.8, 4) is 0 Å². The fraction of sp³-hybridized carbons (Fsp3) is 0.286. The molecule has 0 bridgehead atoms. The molecule has 2 aliphatic heterocycles. The summed E-state index contributed by atoms with van der Waals surface area (Å²) >= 11 is 0. The van der Waals surface area contributed by atoms with Crippen LogP contribution in [0.4, 0.5) is 0 Å². The van der Waals surface area contributed by atoms with E-state index in [1.54, 1.807) is 0 Å². The molecular formula is C28H29ClN4O2. The normalized spacial score (nSPS) is 18.2. The van der Waals surface area contributed by atoms with Gasteiger partial charge in [-0.3, -0.25) is 14.9 Å². The smallest absolute Gasteiger partial charge is 0.259 e. The zero-order valence-electron chi connectivity index (χ0n) is 20.1. The maximum atomic E-state index is 13.4. The van der Waals surface area contributed by atoms with E-state index in [1.165, 1.54) is 0 Å². The predicted octanol–water partition coefficient (Wildman–Crippen LogP) is 4.42. The first-order valence-corrected chi connectivity index (χ1v) is 11.8. The van der Waals surface area contributed by atoms with Crippen LogP contribution in [0.15, 0.2) is 54.7 Å². The summed E-state index contributed by atoms with van der Waals surface area (Å²) < 4.78 is 4.32. The van der Waals surface area contributed by atoms with E-state index in [0.29, 0.717) is 11.1 Å². The Balaban J connectivity index is 0.00000253. The van der Waals surface area contributed by atoms with Gasteiger partial charge in [0.15, 0.2) is 0 Å². The quantitative estimate of drug-likeness (QED) is 0.419. The van der Waals surface area contributed by atoms with Crippen molar-refractivity contribution in [2.75, 3.05) is 0 Å². The van der Waals surface area contributed by atoms with Crippen LogP contribution in [0.3, 0.4) is 0 Å². The van der Waals surface area contributed by atoms with E-state index in [1.807, 2.05) is 54.2 Å². The zero-order valence-corrected chi connectivity index (χ0v) is 20.9. The number of halogens is 1. The third-order valence-corrected chi connectivity index (χ3v) is 7.62. The van der Waals surface area contributed by atoms with Crippen LogP contribution >= 0.6 is 12.4 Å². The number of rotatable bonds is 3. The van der Waals surface area contributed by atoms with Crippen molar-refractivity contribution in [3.63, 3.8) is 0 Å². The standard InChI is InChI=1S/C28H28N4O2.ClH/c1-28(2,29)16-12-13-32-21-11-7-5-9-18(21)23(22(32)14-16)25-24(26(33)30-27(25)34)19-15-31(3)20-10-6-4-8-17(19)20;/h4-11,15-16H,12-14,29H2,1-3H3,(H,30,33,34);1H/t16-;/m0./s1. The molecule has 6 nitrogen and oxygen atoms in total. The van der Waals surface area contributed by atoms with Crippen molar-refractivity contribution in [2.45, 2.75) is 38.8 Å². The highest BCUT2D eigenvalue weighted by Crippen LogP contribution is 2.43. The second kappa shape index (κ2) is 8.11. The summed E-state index contributed by atoms with van der Waals surface area (Å²) in [4.78, 5) is 26.6. The number of amides is 2. The number of benzene rings is 2. The molecule has 2 amide bonds. The van der Waals surface area contributed by atoms with Gasteiger partial charge in [-0.05, 0) is 44.7 Å². The molecule has 4 aromatic rings. The number of hydrogen-bond acceptors (Lipinski definition) is 3. The number of imide groups is 1. The average Bonchev–Trinajstić information content (AvgIpc) is 3.41. The van der Waals surface area contributed by atoms with Crippen molar-refractivity contribution in [1.82, 2.24) is 14.5 Å². The number of aromatic nitrogens is 2. The number of aryl methyl sites for hydroxylation is 2. The molecule has 1 atom stereocenters. The molecule has 180 valence electrons. The van der Waals surface area contributed by atoms with Crippen LogP contribution in [0.5, 0.6) is 0 Å². The van der Waals surface area contributed by atoms with Crippen molar-refractivity contribution in [2.24, 2.45) is 18.7 Å². The van der Waals surface area contributed by atoms with Crippen LogP contribution in [0.1, 0.15) is 37.1 Å². The monoisotopic (exact) mass is 488 g/mol. The van der Waals surface area contributed by atoms with Gasteiger partial charge in [-0.2, -0.15) is 0 Å². The van der Waals surface area contributed by atoms with Gasteiger partial charge in [0.1, 0.15) is 0 Å². The third-order valence-electron chi connectivity index (χ3n) is 7.62. The summed E-state index contributed by atoms with van der Waals surface area (Å²) in [5.74, 6) is -0.391. The van der Waals surface area contributed by atoms with E-state index in [9.17, 15) is 9.59 Å². The molecule has 0 spiro atoms. The largest absolute Gasteiger partial charge is 0.350 e. The van der Waals surface area contributed by atoms with Gasteiger partial charge < -0.3 is 14.9 Å². The van der Waals surface area contributed by atoms with E-state index >= 15 is 0 Å². The van der Waals surface area contributed by atoms with Gasteiger partial charge in [-0.15, -0.1) is 12.4 Å². The van der Waals surface area contributed by atoms with Gasteiger partial charge in [-0.1, -0.05) is 36.4 Å². The lowest BCUT2D eigenvalue weighted by Gasteiger charge is -2.35. The van der Waals surface area contributed by atoms with E-state index in [-0.39, 0.29) is 35.7 Å². The van der Waals surface area contributed by atoms with Crippen molar-refractivity contribution in [3.05, 3.63) is 71.5 Å². The van der Waals surface area contributed by atoms with E-state index in [4.69, 9.17) is 5.73 Å². The first-order chi connectivity index (χ1) is 16.3. The first-order valence-electron chi connectivity index (χ1n) is 11.8. The molecule has 0 radical (unpaired) electrons. The van der Waals surface area contributed by atoms with Gasteiger partial charge in [0.05, 0.1) is 11.1 Å². The molecule has 2 aromatic carbocycles. The van der Waals surface area contributed by atoms with E-state index in [2.05, 4.69) is 35.9 Å². The lowest BCUT2D eigenvalue weighted by molar-refractivity contribution is -0.122. The molecular weight excluding hydrogens is 460 g/mol. The molecule has 3 N–H and O–H groups in total. The number of hydrogen-bond donors (Lipinski definition) is 2. The molecule has 35 heavy (non-hydrogen) atoms. The highest BCUT2D eigenvalue weighted by Gasteiger charge is 2.39. The highest BCUT2D eigenvalue weighted by molar-refractivity contribution is 6.51. The van der Waals surface area contributed by atoms with Crippen molar-refractivity contribution in [1.29, 1.82) is 0 Å². The fourth-order valence-electron chi connectivity index (χ4n) is 5.85. The number of nitrogens with zero attached hydrogens (tertiary/aromatic N) is 2. The summed E-state index contributed by atoms with van der Waals surface area (Å²) in [7, 11) is 1.96. The summed E-state index contributed by atoms with van der Waals surface area (Å²) in [5, 5.41) is 4.56. The first kappa shape index (κ1) is 23.4. The second-order valence-electron chi connectivity index (χ2n) is 10.2. The maximum absolute atomic E-state index is 13.4. The number of para-hydroxylation sites is 2. The fourth-order valence-corrected chi connectivity index (χ4v) is 5.85. The van der Waals surface area contributed by atoms with E-state index < -0.39 is 0 Å². The number of nitrogens with one attached hydrogen (secondary N) is 1. The van der Waals surface area contributed by atoms with Crippen LogP contribution in [-0.2, 0) is 29.6 Å². The van der Waals surface area contributed by atoms with Crippen molar-refractivity contribution >= 4 is 57.2 Å². The van der Waals surface area contributed by atoms with Crippen LogP contribution in [0.2, 0.25) is 0 Å². The molecule has 0 aliphatic carbocycles. The lowest BCUT2D eigenvalue weighted by atomic mass is 9.79. The summed E-state index contributed by atoms with van der Waals surface area (Å²) in [5.41, 5.74) is 12.0. The molecule has 2 aliphatic rings. The Morgan fingerprint density at radius 3 is 2.29 bits per heavy atom. The maximum Gasteiger partial charge on any atom is 0.259 e. The second-order valence-corrected chi connectivity index (χ2v) is 10.2. The summed E-state index contributed by atoms with van der Waals surface area (Å²) in [6, 6.07) is 16.2. The Kier molecular flexibility index (Phi) is 5.42. The number of carbonyl (C=O) groups excluding carboxylic acids is 2. The molecule has 2 aromatic heterocycles. The summed E-state index contributed by atoms with van der Waals surface area (Å²) in [6.07, 6.45) is 3.70. The van der Waals surface area contributed by atoms with Gasteiger partial charge in [-0.25, -0.2) is 0 Å². The Hall–Kier alpha value is -3.35. The van der Waals surface area contributed by atoms with Crippen LogP contribution in [-0.4, -0.2) is 26.5 Å². The Morgan fingerprint density at radius 2 is 1.57 bits per heavy atom. The van der Waals surface area contributed by atoms with Gasteiger partial charge in [0.25, 0.3) is 11.8 Å². The minimum atomic E-state index is -0.341. The SMILES string of the molecule is Cl.Cn1cc(C2=C(c3c4n(c5ccccc35)CC[C@H](C(C)(C)N)C4)C(=O)NC2=O)c2ccccc21. The molecule has 0 unspecified atom stereocenters. The molecule has 6 rings (SSSR count). The third kappa shape index (κ3) is 3.43.